The van der Waals surface area contributed by atoms with Crippen LogP contribution in [0.2, 0.25) is 0 Å². The number of nitriles is 1. The van der Waals surface area contributed by atoms with Gasteiger partial charge in [-0.3, -0.25) is 4.79 Å². The maximum absolute atomic E-state index is 11.9. The van der Waals surface area contributed by atoms with Gasteiger partial charge in [0.05, 0.1) is 36.4 Å². The first-order valence-electron chi connectivity index (χ1n) is 8.09. The van der Waals surface area contributed by atoms with Crippen LogP contribution in [0.15, 0.2) is 35.4 Å². The van der Waals surface area contributed by atoms with E-state index in [9.17, 15) is 10.1 Å². The van der Waals surface area contributed by atoms with Crippen LogP contribution in [0.4, 0.5) is 0 Å². The molecule has 1 aromatic carbocycles. The topological polar surface area (TPSA) is 71.3 Å². The first kappa shape index (κ1) is 16.1. The van der Waals surface area contributed by atoms with Crippen molar-refractivity contribution in [1.29, 1.82) is 5.26 Å². The molecule has 0 saturated heterocycles. The Hall–Kier alpha value is -2.74. The number of carbonyl (C=O) groups excluding carboxylic acids is 1. The van der Waals surface area contributed by atoms with Gasteiger partial charge in [-0.2, -0.15) is 5.26 Å². The van der Waals surface area contributed by atoms with E-state index >= 15 is 0 Å². The number of dihydropyridines is 1. The van der Waals surface area contributed by atoms with E-state index in [0.717, 1.165) is 28.1 Å². The van der Waals surface area contributed by atoms with Crippen molar-refractivity contribution in [2.24, 2.45) is 0 Å². The van der Waals surface area contributed by atoms with Crippen molar-refractivity contribution in [2.75, 3.05) is 6.61 Å². The van der Waals surface area contributed by atoms with E-state index in [-0.39, 0.29) is 18.4 Å². The van der Waals surface area contributed by atoms with Crippen LogP contribution in [0.3, 0.4) is 0 Å². The van der Waals surface area contributed by atoms with Crippen molar-refractivity contribution >= 4 is 11.7 Å². The molecule has 2 atom stereocenters. The number of aryl methyl sites for hydroxylation is 1. The summed E-state index contributed by atoms with van der Waals surface area (Å²) in [5, 5.41) is 12.7. The molecule has 124 valence electrons. The molecule has 2 heterocycles. The lowest BCUT2D eigenvalue weighted by molar-refractivity contribution is -0.144. The van der Waals surface area contributed by atoms with Gasteiger partial charge in [0.25, 0.3) is 0 Å². The first-order chi connectivity index (χ1) is 11.5. The van der Waals surface area contributed by atoms with Gasteiger partial charge < -0.3 is 14.8 Å². The molecule has 1 aromatic rings. The number of hydrogen-bond donors (Lipinski definition) is 1. The summed E-state index contributed by atoms with van der Waals surface area (Å²) in [5.74, 6) is 0.428. The van der Waals surface area contributed by atoms with Crippen LogP contribution < -0.4 is 10.1 Å². The lowest BCUT2D eigenvalue weighted by atomic mass is 9.89. The molecule has 0 amide bonds. The summed E-state index contributed by atoms with van der Waals surface area (Å²) in [5.41, 5.74) is 4.47. The SMILES string of the molecule is CCOC(=O)CC1Oc2ccc(C)cc2C2=C1C=C(C#N)C(C)N2. The lowest BCUT2D eigenvalue weighted by Gasteiger charge is -2.34. The van der Waals surface area contributed by atoms with Gasteiger partial charge in [-0.1, -0.05) is 11.6 Å². The monoisotopic (exact) mass is 324 g/mol. The Kier molecular flexibility index (Phi) is 4.30. The number of fused-ring (bicyclic) bond motifs is 2. The third kappa shape index (κ3) is 2.88. The summed E-state index contributed by atoms with van der Waals surface area (Å²) in [4.78, 5) is 11.9. The first-order valence-corrected chi connectivity index (χ1v) is 8.09. The Morgan fingerprint density at radius 1 is 1.46 bits per heavy atom. The van der Waals surface area contributed by atoms with Crippen molar-refractivity contribution < 1.29 is 14.3 Å². The van der Waals surface area contributed by atoms with Crippen LogP contribution in [0, 0.1) is 18.3 Å². The average Bonchev–Trinajstić information content (AvgIpc) is 2.55. The van der Waals surface area contributed by atoms with Crippen molar-refractivity contribution in [2.45, 2.75) is 39.3 Å². The third-order valence-electron chi connectivity index (χ3n) is 4.23. The van der Waals surface area contributed by atoms with Crippen LogP contribution >= 0.6 is 0 Å². The molecule has 2 unspecified atom stereocenters. The Balaban J connectivity index is 2.07. The molecule has 24 heavy (non-hydrogen) atoms. The molecule has 0 fully saturated rings. The number of esters is 1. The largest absolute Gasteiger partial charge is 0.484 e. The molecule has 5 nitrogen and oxygen atoms in total. The summed E-state index contributed by atoms with van der Waals surface area (Å²) in [6.07, 6.45) is 1.49. The Labute approximate surface area is 141 Å². The molecule has 0 aromatic heterocycles. The minimum Gasteiger partial charge on any atom is -0.484 e. The van der Waals surface area contributed by atoms with Crippen molar-refractivity contribution in [1.82, 2.24) is 5.32 Å². The Morgan fingerprint density at radius 3 is 2.96 bits per heavy atom. The van der Waals surface area contributed by atoms with Crippen LogP contribution in [-0.2, 0) is 9.53 Å². The number of ether oxygens (including phenoxy) is 2. The molecule has 0 saturated carbocycles. The van der Waals surface area contributed by atoms with Crippen LogP contribution in [0.5, 0.6) is 5.75 Å². The highest BCUT2D eigenvalue weighted by Crippen LogP contribution is 2.39. The summed E-state index contributed by atoms with van der Waals surface area (Å²) in [6.45, 7) is 6.08. The number of nitrogens with one attached hydrogen (secondary N) is 1. The second-order valence-corrected chi connectivity index (χ2v) is 6.02. The average molecular weight is 324 g/mol. The summed E-state index contributed by atoms with van der Waals surface area (Å²) in [6, 6.07) is 8.09. The fraction of sp³-hybridized carbons (Fsp3) is 0.368. The molecular weight excluding hydrogens is 304 g/mol. The fourth-order valence-corrected chi connectivity index (χ4v) is 3.04. The molecule has 0 aliphatic carbocycles. The van der Waals surface area contributed by atoms with Gasteiger partial charge in [-0.15, -0.1) is 0 Å². The van der Waals surface area contributed by atoms with Gasteiger partial charge in [0, 0.05) is 11.1 Å². The molecule has 5 heteroatoms. The maximum atomic E-state index is 11.9. The quantitative estimate of drug-likeness (QED) is 0.866. The van der Waals surface area contributed by atoms with Gasteiger partial charge in [0.1, 0.15) is 11.9 Å². The third-order valence-corrected chi connectivity index (χ3v) is 4.23. The maximum Gasteiger partial charge on any atom is 0.309 e. The van der Waals surface area contributed by atoms with Gasteiger partial charge in [-0.05, 0) is 39.0 Å². The van der Waals surface area contributed by atoms with Crippen molar-refractivity contribution in [3.8, 4) is 11.8 Å². The van der Waals surface area contributed by atoms with Crippen molar-refractivity contribution in [3.63, 3.8) is 0 Å². The van der Waals surface area contributed by atoms with E-state index < -0.39 is 6.10 Å². The second kappa shape index (κ2) is 6.40. The van der Waals surface area contributed by atoms with Gasteiger partial charge >= 0.3 is 5.97 Å². The predicted molar refractivity (Wildman–Crippen MR) is 90.1 cm³/mol. The lowest BCUT2D eigenvalue weighted by Crippen LogP contribution is -2.37. The fourth-order valence-electron chi connectivity index (χ4n) is 3.04. The molecule has 0 radical (unpaired) electrons. The van der Waals surface area contributed by atoms with E-state index in [1.807, 2.05) is 32.1 Å². The van der Waals surface area contributed by atoms with Crippen LogP contribution in [0.25, 0.3) is 5.70 Å². The van der Waals surface area contributed by atoms with E-state index in [2.05, 4.69) is 17.5 Å². The van der Waals surface area contributed by atoms with Crippen LogP contribution in [-0.4, -0.2) is 24.7 Å². The minimum absolute atomic E-state index is 0.0801. The highest BCUT2D eigenvalue weighted by Gasteiger charge is 2.33. The zero-order valence-corrected chi connectivity index (χ0v) is 14.1. The molecule has 3 rings (SSSR count). The van der Waals surface area contributed by atoms with E-state index in [1.165, 1.54) is 0 Å². The molecule has 1 N–H and O–H groups in total. The number of benzene rings is 1. The molecule has 0 spiro atoms. The smallest absolute Gasteiger partial charge is 0.309 e. The molecule has 0 bridgehead atoms. The highest BCUT2D eigenvalue weighted by molar-refractivity contribution is 5.81. The summed E-state index contributed by atoms with van der Waals surface area (Å²) >= 11 is 0. The van der Waals surface area contributed by atoms with Gasteiger partial charge in [0.2, 0.25) is 0 Å². The van der Waals surface area contributed by atoms with E-state index in [4.69, 9.17) is 9.47 Å². The predicted octanol–water partition coefficient (Wildman–Crippen LogP) is 2.86. The Morgan fingerprint density at radius 2 is 2.25 bits per heavy atom. The minimum atomic E-state index is -0.461. The summed E-state index contributed by atoms with van der Waals surface area (Å²) in [7, 11) is 0. The highest BCUT2D eigenvalue weighted by atomic mass is 16.5. The molecule has 2 aliphatic heterocycles. The van der Waals surface area contributed by atoms with Gasteiger partial charge in [-0.25, -0.2) is 0 Å². The zero-order chi connectivity index (χ0) is 17.3. The zero-order valence-electron chi connectivity index (χ0n) is 14.1. The number of nitrogens with zero attached hydrogens (tertiary/aromatic N) is 1. The van der Waals surface area contributed by atoms with E-state index in [0.29, 0.717) is 12.2 Å². The number of carbonyl (C=O) groups is 1. The van der Waals surface area contributed by atoms with E-state index in [1.54, 1.807) is 6.92 Å². The Bertz CT molecular complexity index is 786. The van der Waals surface area contributed by atoms with Crippen LogP contribution in [0.1, 0.15) is 31.4 Å². The second-order valence-electron chi connectivity index (χ2n) is 6.02. The summed E-state index contributed by atoms with van der Waals surface area (Å²) < 4.78 is 11.1. The molecule has 2 aliphatic rings. The van der Waals surface area contributed by atoms with Crippen molar-refractivity contribution in [3.05, 3.63) is 46.5 Å². The number of rotatable bonds is 3. The standard InChI is InChI=1S/C19H20N2O3/c1-4-23-18(22)9-17-15-8-13(10-20)12(3)21-19(15)14-7-11(2)5-6-16(14)24-17/h5-8,12,17,21H,4,9H2,1-3H3. The normalized spacial score (nSPS) is 21.5. The molecular formula is C19H20N2O3. The van der Waals surface area contributed by atoms with Gasteiger partial charge in [0.15, 0.2) is 0 Å². The number of hydrogen-bond acceptors (Lipinski definition) is 5.